The summed E-state index contributed by atoms with van der Waals surface area (Å²) < 4.78 is 10.5. The Hall–Kier alpha value is -2.54. The van der Waals surface area contributed by atoms with E-state index in [2.05, 4.69) is 21.5 Å². The second kappa shape index (κ2) is 7.14. The van der Waals surface area contributed by atoms with Gasteiger partial charge in [0, 0.05) is 23.5 Å². The van der Waals surface area contributed by atoms with Crippen molar-refractivity contribution >= 4 is 28.5 Å². The van der Waals surface area contributed by atoms with Gasteiger partial charge in [0.25, 0.3) is 5.91 Å². The molecule has 1 saturated heterocycles. The van der Waals surface area contributed by atoms with E-state index in [1.165, 1.54) is 24.3 Å². The minimum Gasteiger partial charge on any atom is -0.454 e. The normalized spacial score (nSPS) is 16.4. The Bertz CT molecular complexity index is 797. The fraction of sp³-hybridized carbons (Fsp3) is 0.333. The molecule has 1 N–H and O–H groups in total. The fourth-order valence-electron chi connectivity index (χ4n) is 2.95. The molecule has 1 amide bonds. The molecular weight excluding hydrogens is 338 g/mol. The summed E-state index contributed by atoms with van der Waals surface area (Å²) in [7, 11) is 0. The number of carbonyl (C=O) groups is 1. The summed E-state index contributed by atoms with van der Waals surface area (Å²) in [6, 6.07) is 9.23. The van der Waals surface area contributed by atoms with Crippen molar-refractivity contribution in [3.63, 3.8) is 0 Å². The molecule has 3 heterocycles. The van der Waals surface area contributed by atoms with Crippen LogP contribution in [0.3, 0.4) is 0 Å². The monoisotopic (exact) mass is 357 g/mol. The van der Waals surface area contributed by atoms with Crippen LogP contribution in [0.1, 0.15) is 34.5 Å². The van der Waals surface area contributed by atoms with Crippen molar-refractivity contribution in [3.05, 3.63) is 40.8 Å². The molecular formula is C18H19N3O3S. The van der Waals surface area contributed by atoms with Gasteiger partial charge in [-0.3, -0.25) is 4.79 Å². The molecule has 0 atom stereocenters. The third-order valence-electron chi connectivity index (χ3n) is 4.27. The SMILES string of the molecule is O=C(NN=Cc1ccc(N2CCCCC2)s1)c1ccc2c(c1)OCO2. The van der Waals surface area contributed by atoms with Crippen LogP contribution >= 0.6 is 11.3 Å². The van der Waals surface area contributed by atoms with E-state index in [-0.39, 0.29) is 12.7 Å². The second-order valence-electron chi connectivity index (χ2n) is 5.99. The molecule has 2 aromatic rings. The number of benzene rings is 1. The number of thiophene rings is 1. The Labute approximate surface area is 150 Å². The van der Waals surface area contributed by atoms with E-state index >= 15 is 0 Å². The van der Waals surface area contributed by atoms with E-state index in [1.807, 2.05) is 6.07 Å². The topological polar surface area (TPSA) is 63.2 Å². The number of anilines is 1. The van der Waals surface area contributed by atoms with Gasteiger partial charge in [-0.25, -0.2) is 5.43 Å². The van der Waals surface area contributed by atoms with Crippen LogP contribution in [0.4, 0.5) is 5.00 Å². The number of amides is 1. The summed E-state index contributed by atoms with van der Waals surface area (Å²) in [4.78, 5) is 15.6. The number of hydrogen-bond donors (Lipinski definition) is 1. The van der Waals surface area contributed by atoms with Crippen LogP contribution < -0.4 is 19.8 Å². The summed E-state index contributed by atoms with van der Waals surface area (Å²) in [5.41, 5.74) is 3.04. The van der Waals surface area contributed by atoms with Crippen LogP contribution in [-0.2, 0) is 0 Å². The molecule has 25 heavy (non-hydrogen) atoms. The molecule has 130 valence electrons. The van der Waals surface area contributed by atoms with Gasteiger partial charge < -0.3 is 14.4 Å². The summed E-state index contributed by atoms with van der Waals surface area (Å²) in [5, 5.41) is 5.33. The van der Waals surface area contributed by atoms with Crippen molar-refractivity contribution in [2.45, 2.75) is 19.3 Å². The molecule has 0 spiro atoms. The number of nitrogens with one attached hydrogen (secondary N) is 1. The van der Waals surface area contributed by atoms with Gasteiger partial charge in [0.1, 0.15) is 0 Å². The molecule has 1 aromatic heterocycles. The Kier molecular flexibility index (Phi) is 4.56. The van der Waals surface area contributed by atoms with E-state index in [9.17, 15) is 4.79 Å². The van der Waals surface area contributed by atoms with Crippen LogP contribution in [0.25, 0.3) is 0 Å². The van der Waals surface area contributed by atoms with Gasteiger partial charge in [0.05, 0.1) is 11.2 Å². The molecule has 6 nitrogen and oxygen atoms in total. The maximum atomic E-state index is 12.2. The number of fused-ring (bicyclic) bond motifs is 1. The van der Waals surface area contributed by atoms with E-state index in [1.54, 1.807) is 35.8 Å². The summed E-state index contributed by atoms with van der Waals surface area (Å²) in [6.07, 6.45) is 5.52. The molecule has 1 aromatic carbocycles. The molecule has 0 radical (unpaired) electrons. The van der Waals surface area contributed by atoms with Crippen molar-refractivity contribution < 1.29 is 14.3 Å². The lowest BCUT2D eigenvalue weighted by molar-refractivity contribution is 0.0954. The first-order valence-corrected chi connectivity index (χ1v) is 9.19. The maximum Gasteiger partial charge on any atom is 0.271 e. The van der Waals surface area contributed by atoms with E-state index in [0.717, 1.165) is 18.0 Å². The quantitative estimate of drug-likeness (QED) is 0.674. The summed E-state index contributed by atoms with van der Waals surface area (Å²) in [5.74, 6) is 0.965. The van der Waals surface area contributed by atoms with Crippen LogP contribution in [0.15, 0.2) is 35.4 Å². The van der Waals surface area contributed by atoms with Crippen molar-refractivity contribution in [3.8, 4) is 11.5 Å². The van der Waals surface area contributed by atoms with Gasteiger partial charge in [0.2, 0.25) is 6.79 Å². The van der Waals surface area contributed by atoms with Crippen LogP contribution in [0, 0.1) is 0 Å². The molecule has 1 fully saturated rings. The number of carbonyl (C=O) groups excluding carboxylic acids is 1. The average Bonchev–Trinajstić information content (AvgIpc) is 3.31. The van der Waals surface area contributed by atoms with Crippen molar-refractivity contribution in [1.82, 2.24) is 5.43 Å². The van der Waals surface area contributed by atoms with Crippen LogP contribution in [0.2, 0.25) is 0 Å². The van der Waals surface area contributed by atoms with Crippen molar-refractivity contribution in [1.29, 1.82) is 0 Å². The smallest absolute Gasteiger partial charge is 0.271 e. The first kappa shape index (κ1) is 16.0. The van der Waals surface area contributed by atoms with E-state index in [0.29, 0.717) is 17.1 Å². The van der Waals surface area contributed by atoms with Crippen LogP contribution in [-0.4, -0.2) is 32.0 Å². The summed E-state index contributed by atoms with van der Waals surface area (Å²) in [6.45, 7) is 2.44. The van der Waals surface area contributed by atoms with Gasteiger partial charge in [0.15, 0.2) is 11.5 Å². The molecule has 0 aliphatic carbocycles. The second-order valence-corrected chi connectivity index (χ2v) is 7.08. The minimum absolute atomic E-state index is 0.191. The predicted octanol–water partition coefficient (Wildman–Crippen LogP) is 3.23. The Balaban J connectivity index is 1.36. The number of hydrogen-bond acceptors (Lipinski definition) is 6. The lowest BCUT2D eigenvalue weighted by Crippen LogP contribution is -2.28. The highest BCUT2D eigenvalue weighted by Crippen LogP contribution is 2.32. The molecule has 4 rings (SSSR count). The highest BCUT2D eigenvalue weighted by atomic mass is 32.1. The Morgan fingerprint density at radius 3 is 2.84 bits per heavy atom. The molecule has 2 aliphatic heterocycles. The zero-order valence-corrected chi connectivity index (χ0v) is 14.6. The lowest BCUT2D eigenvalue weighted by atomic mass is 10.1. The van der Waals surface area contributed by atoms with Crippen molar-refractivity contribution in [2.24, 2.45) is 5.10 Å². The molecule has 0 saturated carbocycles. The van der Waals surface area contributed by atoms with Gasteiger partial charge >= 0.3 is 0 Å². The third-order valence-corrected chi connectivity index (χ3v) is 5.35. The highest BCUT2D eigenvalue weighted by molar-refractivity contribution is 7.17. The molecule has 7 heteroatoms. The summed E-state index contributed by atoms with van der Waals surface area (Å²) >= 11 is 1.69. The maximum absolute atomic E-state index is 12.2. The van der Waals surface area contributed by atoms with E-state index < -0.39 is 0 Å². The third kappa shape index (κ3) is 3.61. The Morgan fingerprint density at radius 2 is 1.96 bits per heavy atom. The largest absolute Gasteiger partial charge is 0.454 e. The van der Waals surface area contributed by atoms with Crippen LogP contribution in [0.5, 0.6) is 11.5 Å². The number of hydrazone groups is 1. The van der Waals surface area contributed by atoms with Gasteiger partial charge in [-0.1, -0.05) is 0 Å². The zero-order valence-electron chi connectivity index (χ0n) is 13.7. The molecule has 0 unspecified atom stereocenters. The van der Waals surface area contributed by atoms with Gasteiger partial charge in [-0.05, 0) is 49.6 Å². The van der Waals surface area contributed by atoms with Crippen molar-refractivity contribution in [2.75, 3.05) is 24.8 Å². The lowest BCUT2D eigenvalue weighted by Gasteiger charge is -2.27. The Morgan fingerprint density at radius 1 is 1.12 bits per heavy atom. The first-order valence-electron chi connectivity index (χ1n) is 8.37. The fourth-order valence-corrected chi connectivity index (χ4v) is 3.88. The minimum atomic E-state index is -0.276. The average molecular weight is 357 g/mol. The zero-order chi connectivity index (χ0) is 17.1. The number of rotatable bonds is 4. The first-order chi connectivity index (χ1) is 12.3. The standard InChI is InChI=1S/C18H19N3O3S/c22-18(13-4-6-15-16(10-13)24-12-23-15)20-19-11-14-5-7-17(25-14)21-8-2-1-3-9-21/h4-7,10-11H,1-3,8-9,12H2,(H,20,22). The van der Waals surface area contributed by atoms with Gasteiger partial charge in [-0.15, -0.1) is 11.3 Å². The molecule has 0 bridgehead atoms. The van der Waals surface area contributed by atoms with Gasteiger partial charge in [-0.2, -0.15) is 5.10 Å². The highest BCUT2D eigenvalue weighted by Gasteiger charge is 2.16. The van der Waals surface area contributed by atoms with E-state index in [4.69, 9.17) is 9.47 Å². The number of ether oxygens (including phenoxy) is 2. The molecule has 2 aliphatic rings. The predicted molar refractivity (Wildman–Crippen MR) is 98.0 cm³/mol. The number of piperidine rings is 1. The number of nitrogens with zero attached hydrogens (tertiary/aromatic N) is 2.